The van der Waals surface area contributed by atoms with Gasteiger partial charge < -0.3 is 14.5 Å². The second-order valence-corrected chi connectivity index (χ2v) is 4.10. The molecule has 2 aromatic rings. The average molecular weight is 257 g/mol. The van der Waals surface area contributed by atoms with Gasteiger partial charge in [-0.25, -0.2) is 4.98 Å². The van der Waals surface area contributed by atoms with Crippen molar-refractivity contribution in [3.63, 3.8) is 0 Å². The number of H-pyrrole nitrogens is 1. The largest absolute Gasteiger partial charge is 0.496 e. The molecular formula is C14H15N3O2. The molecule has 0 fully saturated rings. The van der Waals surface area contributed by atoms with E-state index in [9.17, 15) is 0 Å². The first-order valence-corrected chi connectivity index (χ1v) is 5.83. The molecule has 0 atom stereocenters. The van der Waals surface area contributed by atoms with Crippen molar-refractivity contribution in [1.29, 1.82) is 5.26 Å². The van der Waals surface area contributed by atoms with Gasteiger partial charge in [-0.05, 0) is 24.6 Å². The minimum Gasteiger partial charge on any atom is -0.496 e. The first-order chi connectivity index (χ1) is 9.19. The van der Waals surface area contributed by atoms with Gasteiger partial charge in [0.25, 0.3) is 0 Å². The summed E-state index contributed by atoms with van der Waals surface area (Å²) in [7, 11) is 3.25. The van der Waals surface area contributed by atoms with E-state index >= 15 is 0 Å². The third-order valence-corrected chi connectivity index (χ3v) is 2.88. The molecule has 0 amide bonds. The van der Waals surface area contributed by atoms with Gasteiger partial charge in [0, 0.05) is 5.56 Å². The van der Waals surface area contributed by atoms with Gasteiger partial charge in [-0.2, -0.15) is 5.26 Å². The lowest BCUT2D eigenvalue weighted by atomic mass is 10.1. The van der Waals surface area contributed by atoms with Gasteiger partial charge in [0.1, 0.15) is 17.3 Å². The summed E-state index contributed by atoms with van der Waals surface area (Å²) >= 11 is 0. The number of imidazole rings is 1. The van der Waals surface area contributed by atoms with Crippen LogP contribution >= 0.6 is 0 Å². The average Bonchev–Trinajstić information content (AvgIpc) is 2.87. The topological polar surface area (TPSA) is 70.9 Å². The quantitative estimate of drug-likeness (QED) is 0.913. The lowest BCUT2D eigenvalue weighted by molar-refractivity contribution is 0.401. The second kappa shape index (κ2) is 5.44. The van der Waals surface area contributed by atoms with Gasteiger partial charge in [0.15, 0.2) is 0 Å². The Morgan fingerprint density at radius 2 is 2.00 bits per heavy atom. The van der Waals surface area contributed by atoms with E-state index in [1.807, 2.05) is 19.1 Å². The number of rotatable bonds is 4. The third kappa shape index (κ3) is 2.52. The standard InChI is InChI=1S/C14H15N3O2/c1-9-6-13(19-3)10(7-12(9)18-2)11-8-16-14(17-11)4-5-15/h6-8H,4H2,1-3H3,(H,16,17). The number of aryl methyl sites for hydroxylation is 1. The van der Waals surface area contributed by atoms with Gasteiger partial charge in [-0.3, -0.25) is 0 Å². The fraction of sp³-hybridized carbons (Fsp3) is 0.286. The molecule has 0 saturated heterocycles. The van der Waals surface area contributed by atoms with Crippen molar-refractivity contribution in [1.82, 2.24) is 9.97 Å². The van der Waals surface area contributed by atoms with Crippen LogP contribution in [0.25, 0.3) is 11.3 Å². The molecular weight excluding hydrogens is 242 g/mol. The number of hydrogen-bond acceptors (Lipinski definition) is 4. The van der Waals surface area contributed by atoms with E-state index in [2.05, 4.69) is 16.0 Å². The Labute approximate surface area is 111 Å². The highest BCUT2D eigenvalue weighted by Gasteiger charge is 2.12. The van der Waals surface area contributed by atoms with E-state index < -0.39 is 0 Å². The summed E-state index contributed by atoms with van der Waals surface area (Å²) in [5.41, 5.74) is 2.67. The first-order valence-electron chi connectivity index (χ1n) is 5.83. The molecule has 0 bridgehead atoms. The molecule has 19 heavy (non-hydrogen) atoms. The number of aromatic nitrogens is 2. The van der Waals surface area contributed by atoms with Crippen LogP contribution in [0.1, 0.15) is 11.4 Å². The number of nitriles is 1. The number of hydrogen-bond donors (Lipinski definition) is 1. The van der Waals surface area contributed by atoms with Crippen LogP contribution in [0.15, 0.2) is 18.3 Å². The molecule has 1 heterocycles. The van der Waals surface area contributed by atoms with Crippen molar-refractivity contribution in [2.24, 2.45) is 0 Å². The van der Waals surface area contributed by atoms with E-state index in [-0.39, 0.29) is 6.42 Å². The van der Waals surface area contributed by atoms with E-state index in [1.165, 1.54) is 0 Å². The Morgan fingerprint density at radius 1 is 1.26 bits per heavy atom. The molecule has 0 spiro atoms. The smallest absolute Gasteiger partial charge is 0.128 e. The molecule has 0 radical (unpaired) electrons. The maximum atomic E-state index is 8.66. The van der Waals surface area contributed by atoms with Crippen LogP contribution in [0.2, 0.25) is 0 Å². The maximum absolute atomic E-state index is 8.66. The van der Waals surface area contributed by atoms with Crippen LogP contribution < -0.4 is 9.47 Å². The van der Waals surface area contributed by atoms with Crippen LogP contribution in [-0.2, 0) is 6.42 Å². The fourth-order valence-electron chi connectivity index (χ4n) is 1.92. The number of ether oxygens (including phenoxy) is 2. The Morgan fingerprint density at radius 3 is 2.63 bits per heavy atom. The van der Waals surface area contributed by atoms with Crippen molar-refractivity contribution < 1.29 is 9.47 Å². The summed E-state index contributed by atoms with van der Waals surface area (Å²) in [6, 6.07) is 5.88. The minimum absolute atomic E-state index is 0.255. The molecule has 1 N–H and O–H groups in total. The van der Waals surface area contributed by atoms with E-state index in [0.29, 0.717) is 5.82 Å². The highest BCUT2D eigenvalue weighted by Crippen LogP contribution is 2.34. The van der Waals surface area contributed by atoms with Gasteiger partial charge in [-0.1, -0.05) is 0 Å². The van der Waals surface area contributed by atoms with Crippen LogP contribution in [0.3, 0.4) is 0 Å². The van der Waals surface area contributed by atoms with Crippen molar-refractivity contribution in [3.05, 3.63) is 29.7 Å². The van der Waals surface area contributed by atoms with E-state index in [1.54, 1.807) is 20.4 Å². The highest BCUT2D eigenvalue weighted by molar-refractivity contribution is 5.70. The predicted octanol–water partition coefficient (Wildman–Crippen LogP) is 2.47. The predicted molar refractivity (Wildman–Crippen MR) is 71.2 cm³/mol. The van der Waals surface area contributed by atoms with Gasteiger partial charge in [-0.15, -0.1) is 0 Å². The molecule has 98 valence electrons. The Kier molecular flexibility index (Phi) is 3.71. The van der Waals surface area contributed by atoms with Gasteiger partial charge >= 0.3 is 0 Å². The zero-order valence-electron chi connectivity index (χ0n) is 11.2. The molecule has 0 aliphatic heterocycles. The first kappa shape index (κ1) is 13.0. The number of benzene rings is 1. The molecule has 2 rings (SSSR count). The second-order valence-electron chi connectivity index (χ2n) is 4.10. The normalized spacial score (nSPS) is 10.0. The molecule has 0 unspecified atom stereocenters. The number of methoxy groups -OCH3 is 2. The van der Waals surface area contributed by atoms with E-state index in [0.717, 1.165) is 28.3 Å². The highest BCUT2D eigenvalue weighted by atomic mass is 16.5. The molecule has 0 saturated carbocycles. The van der Waals surface area contributed by atoms with Gasteiger partial charge in [0.2, 0.25) is 0 Å². The Bertz CT molecular complexity index is 626. The fourth-order valence-corrected chi connectivity index (χ4v) is 1.92. The van der Waals surface area contributed by atoms with Gasteiger partial charge in [0.05, 0.1) is 38.6 Å². The minimum atomic E-state index is 0.255. The van der Waals surface area contributed by atoms with Crippen LogP contribution in [-0.4, -0.2) is 24.2 Å². The van der Waals surface area contributed by atoms with E-state index in [4.69, 9.17) is 14.7 Å². The van der Waals surface area contributed by atoms with Crippen molar-refractivity contribution in [3.8, 4) is 28.8 Å². The van der Waals surface area contributed by atoms with Crippen LogP contribution in [0, 0.1) is 18.3 Å². The molecule has 1 aromatic carbocycles. The van der Waals surface area contributed by atoms with Crippen molar-refractivity contribution in [2.45, 2.75) is 13.3 Å². The zero-order valence-corrected chi connectivity index (χ0v) is 11.2. The van der Waals surface area contributed by atoms with Crippen LogP contribution in [0.5, 0.6) is 11.5 Å². The van der Waals surface area contributed by atoms with Crippen LogP contribution in [0.4, 0.5) is 0 Å². The van der Waals surface area contributed by atoms with Crippen molar-refractivity contribution >= 4 is 0 Å². The molecule has 0 aliphatic rings. The lowest BCUT2D eigenvalue weighted by Gasteiger charge is -2.11. The molecule has 5 heteroatoms. The maximum Gasteiger partial charge on any atom is 0.128 e. The lowest BCUT2D eigenvalue weighted by Crippen LogP contribution is -1.93. The molecule has 1 aromatic heterocycles. The summed E-state index contributed by atoms with van der Waals surface area (Å²) in [5.74, 6) is 2.16. The number of nitrogens with zero attached hydrogens (tertiary/aromatic N) is 2. The Balaban J connectivity index is 2.50. The monoisotopic (exact) mass is 257 g/mol. The molecule has 0 aliphatic carbocycles. The summed E-state index contributed by atoms with van der Waals surface area (Å²) in [6.07, 6.45) is 1.95. The summed E-state index contributed by atoms with van der Waals surface area (Å²) < 4.78 is 10.7. The third-order valence-electron chi connectivity index (χ3n) is 2.88. The van der Waals surface area contributed by atoms with Crippen molar-refractivity contribution in [2.75, 3.05) is 14.2 Å². The SMILES string of the molecule is COc1cc(-c2cnc(CC#N)[nH]2)c(OC)cc1C. The summed E-state index contributed by atoms with van der Waals surface area (Å²) in [6.45, 7) is 1.96. The summed E-state index contributed by atoms with van der Waals surface area (Å²) in [4.78, 5) is 7.27. The number of aromatic amines is 1. The molecule has 5 nitrogen and oxygen atoms in total. The Hall–Kier alpha value is -2.48. The zero-order chi connectivity index (χ0) is 13.8. The number of nitrogens with one attached hydrogen (secondary N) is 1. The summed E-state index contributed by atoms with van der Waals surface area (Å²) in [5, 5.41) is 8.66.